The molecule has 1 aromatic rings. The van der Waals surface area contributed by atoms with Crippen molar-refractivity contribution in [1.29, 1.82) is 0 Å². The molecule has 0 radical (unpaired) electrons. The normalized spacial score (nSPS) is 32.3. The summed E-state index contributed by atoms with van der Waals surface area (Å²) in [6, 6.07) is 8.15. The van der Waals surface area contributed by atoms with Gasteiger partial charge in [0.1, 0.15) is 0 Å². The largest absolute Gasteiger partial charge is 0.370 e. The van der Waals surface area contributed by atoms with E-state index >= 15 is 0 Å². The van der Waals surface area contributed by atoms with Gasteiger partial charge in [0.15, 0.2) is 5.78 Å². The zero-order valence-electron chi connectivity index (χ0n) is 24.6. The van der Waals surface area contributed by atoms with Crippen LogP contribution in [0.3, 0.4) is 0 Å². The second-order valence-electron chi connectivity index (χ2n) is 12.0. The molecule has 1 saturated heterocycles. The highest BCUT2D eigenvalue weighted by Crippen LogP contribution is 2.70. The van der Waals surface area contributed by atoms with Crippen LogP contribution in [0.15, 0.2) is 59.2 Å². The Morgan fingerprint density at radius 1 is 1.00 bits per heavy atom. The molecule has 5 atom stereocenters. The molecule has 1 aliphatic heterocycles. The number of allylic oxidation sites excluding steroid dienone is 4. The molecule has 5 nitrogen and oxygen atoms in total. The van der Waals surface area contributed by atoms with Crippen LogP contribution >= 0.6 is 48.1 Å². The van der Waals surface area contributed by atoms with E-state index in [9.17, 15) is 9.36 Å². The van der Waals surface area contributed by atoms with E-state index in [2.05, 4.69) is 25.6 Å². The van der Waals surface area contributed by atoms with E-state index in [1.807, 2.05) is 32.1 Å². The first kappa shape index (κ1) is 34.8. The number of ether oxygens (including phenoxy) is 1. The molecule has 1 spiro atoms. The lowest BCUT2D eigenvalue weighted by molar-refractivity contribution is -0.114. The first-order chi connectivity index (χ1) is 18.3. The maximum atomic E-state index is 13.4. The Labute approximate surface area is 266 Å². The summed E-state index contributed by atoms with van der Waals surface area (Å²) in [5, 5.41) is 0.608. The van der Waals surface area contributed by atoms with Crippen molar-refractivity contribution >= 4 is 59.2 Å². The maximum absolute atomic E-state index is 13.4. The minimum Gasteiger partial charge on any atom is -0.370 e. The van der Waals surface area contributed by atoms with Gasteiger partial charge in [-0.1, -0.05) is 31.2 Å². The van der Waals surface area contributed by atoms with Crippen LogP contribution in [0.4, 0.5) is 0 Å². The van der Waals surface area contributed by atoms with Crippen molar-refractivity contribution in [3.63, 3.8) is 0 Å². The Morgan fingerprint density at radius 2 is 1.68 bits per heavy atom. The first-order valence-electron chi connectivity index (χ1n) is 14.5. The van der Waals surface area contributed by atoms with Gasteiger partial charge in [-0.05, 0) is 111 Å². The van der Waals surface area contributed by atoms with Crippen molar-refractivity contribution in [2.45, 2.75) is 83.7 Å². The van der Waals surface area contributed by atoms with Crippen LogP contribution in [0.5, 0.6) is 0 Å². The van der Waals surface area contributed by atoms with E-state index in [1.54, 1.807) is 5.57 Å². The van der Waals surface area contributed by atoms with Crippen molar-refractivity contribution in [2.24, 2.45) is 17.3 Å². The van der Waals surface area contributed by atoms with Gasteiger partial charge in [-0.15, -0.1) is 0 Å². The summed E-state index contributed by atoms with van der Waals surface area (Å²) < 4.78 is 31.3. The van der Waals surface area contributed by atoms with Gasteiger partial charge in [0.2, 0.25) is 0 Å². The van der Waals surface area contributed by atoms with E-state index < -0.39 is 7.60 Å². The molecule has 2 saturated carbocycles. The molecule has 0 unspecified atom stereocenters. The molecule has 0 bridgehead atoms. The van der Waals surface area contributed by atoms with Crippen molar-refractivity contribution in [3.05, 3.63) is 64.8 Å². The number of carbonyl (C=O) groups is 1. The Balaban J connectivity index is 0.00000154. The van der Waals surface area contributed by atoms with Crippen LogP contribution in [0, 0.1) is 17.3 Å². The number of benzene rings is 1. The minimum absolute atomic E-state index is 0. The summed E-state index contributed by atoms with van der Waals surface area (Å²) in [6.45, 7) is 12.1. The van der Waals surface area contributed by atoms with Crippen LogP contribution in [0.1, 0.15) is 83.6 Å². The summed E-state index contributed by atoms with van der Waals surface area (Å²) in [7, 11) is -3.34. The molecule has 0 N–H and O–H groups in total. The molecule has 1 heterocycles. The quantitative estimate of drug-likeness (QED) is 0.238. The maximum Gasteiger partial charge on any atom is 0.361 e. The third kappa shape index (κ3) is 5.43. The van der Waals surface area contributed by atoms with Crippen LogP contribution < -0.4 is 5.30 Å². The van der Waals surface area contributed by atoms with Crippen LogP contribution in [0.2, 0.25) is 0 Å². The molecule has 1 aromatic carbocycles. The zero-order valence-corrected chi connectivity index (χ0v) is 28.5. The van der Waals surface area contributed by atoms with E-state index in [0.29, 0.717) is 36.8 Å². The fourth-order valence-electron chi connectivity index (χ4n) is 8.83. The van der Waals surface area contributed by atoms with E-state index in [1.165, 1.54) is 28.7 Å². The number of rotatable bonds is 6. The average molecular weight is 639 g/mol. The zero-order chi connectivity index (χ0) is 26.7. The fraction of sp³-hybridized carbons (Fsp3) is 0.594. The van der Waals surface area contributed by atoms with Gasteiger partial charge < -0.3 is 13.8 Å². The monoisotopic (exact) mass is 638 g/mol. The van der Waals surface area contributed by atoms with Gasteiger partial charge in [0.05, 0.1) is 30.7 Å². The molecule has 4 aliphatic carbocycles. The minimum atomic E-state index is -3.34. The molecular formula is C32H47O5PS3. The highest BCUT2D eigenvalue weighted by molar-refractivity contribution is 7.62. The summed E-state index contributed by atoms with van der Waals surface area (Å²) in [5.74, 6) is 1.55. The van der Waals surface area contributed by atoms with Crippen molar-refractivity contribution in [2.75, 3.05) is 19.8 Å². The fourth-order valence-corrected chi connectivity index (χ4v) is 10.4. The van der Waals surface area contributed by atoms with Gasteiger partial charge in [0.25, 0.3) is 0 Å². The molecule has 9 heteroatoms. The lowest BCUT2D eigenvalue weighted by atomic mass is 9.50. The van der Waals surface area contributed by atoms with E-state index in [4.69, 9.17) is 13.8 Å². The molecule has 0 aromatic heterocycles. The van der Waals surface area contributed by atoms with Crippen molar-refractivity contribution in [1.82, 2.24) is 0 Å². The van der Waals surface area contributed by atoms with Gasteiger partial charge in [-0.25, -0.2) is 0 Å². The molecule has 228 valence electrons. The summed E-state index contributed by atoms with van der Waals surface area (Å²) >= 11 is 0. The van der Waals surface area contributed by atoms with E-state index in [0.717, 1.165) is 45.1 Å². The molecule has 5 aliphatic rings. The van der Waals surface area contributed by atoms with Crippen LogP contribution in [-0.2, 0) is 23.1 Å². The summed E-state index contributed by atoms with van der Waals surface area (Å²) in [4.78, 5) is 12.3. The third-order valence-corrected chi connectivity index (χ3v) is 12.5. The lowest BCUT2D eigenvalue weighted by Gasteiger charge is -2.55. The first-order valence-corrected chi connectivity index (χ1v) is 16.1. The Bertz CT molecular complexity index is 1260. The van der Waals surface area contributed by atoms with Crippen LogP contribution in [0.25, 0.3) is 0 Å². The number of hydrogen-bond donors (Lipinski definition) is 0. The Hall–Kier alpha value is -0.730. The molecular weight excluding hydrogens is 592 g/mol. The highest BCUT2D eigenvalue weighted by atomic mass is 32.1. The van der Waals surface area contributed by atoms with Gasteiger partial charge in [-0.3, -0.25) is 9.36 Å². The van der Waals surface area contributed by atoms with Gasteiger partial charge in [0, 0.05) is 17.8 Å². The smallest absolute Gasteiger partial charge is 0.361 e. The number of ketones is 1. The highest BCUT2D eigenvalue weighted by Gasteiger charge is 2.65. The lowest BCUT2D eigenvalue weighted by Crippen LogP contribution is -2.52. The molecule has 6 rings (SSSR count). The standard InChI is InChI=1S/C32H41O5P.3H2S/c1-5-36-38(34,37-6-2)25-11-7-22(8-12-25)28-20-31(4)29(15-17-32(31)21(3)16-18-35-32)27-13-9-23-19-24(33)10-14-26(23)30(27)28;;;/h7-8,11-12,19,27-29H,3,5-6,9-10,13-18,20H2,1-2,4H3;3*1H2/t27-,28+,29-,31-,32+;;;/m0.../s1. The van der Waals surface area contributed by atoms with Gasteiger partial charge >= 0.3 is 7.60 Å². The Kier molecular flexibility index (Phi) is 11.1. The van der Waals surface area contributed by atoms with Crippen molar-refractivity contribution < 1.29 is 23.1 Å². The molecule has 0 amide bonds. The SMILES string of the molecule is C=C1CCO[C@]12CC[C@H]1[C@@H]3CCC4=CC(=O)CCC4=C3[C@@H](c3ccc(P(=O)(OCC)OCC)cc3)C[C@@]12C.S.S.S. The average Bonchev–Trinajstić information content (AvgIpc) is 3.43. The predicted octanol–water partition coefficient (Wildman–Crippen LogP) is 7.53. The van der Waals surface area contributed by atoms with Crippen LogP contribution in [-0.4, -0.2) is 31.2 Å². The summed E-state index contributed by atoms with van der Waals surface area (Å²) in [6.07, 6.45) is 9.67. The number of fused-ring (bicyclic) bond motifs is 5. The molecule has 3 fully saturated rings. The number of hydrogen-bond acceptors (Lipinski definition) is 5. The van der Waals surface area contributed by atoms with E-state index in [-0.39, 0.29) is 63.2 Å². The van der Waals surface area contributed by atoms with Crippen molar-refractivity contribution in [3.8, 4) is 0 Å². The third-order valence-electron chi connectivity index (χ3n) is 10.4. The van der Waals surface area contributed by atoms with Gasteiger partial charge in [-0.2, -0.15) is 40.5 Å². The predicted molar refractivity (Wildman–Crippen MR) is 181 cm³/mol. The number of carbonyl (C=O) groups excluding carboxylic acids is 1. The Morgan fingerprint density at radius 3 is 2.29 bits per heavy atom. The second-order valence-corrected chi connectivity index (χ2v) is 14.0. The topological polar surface area (TPSA) is 61.8 Å². The summed E-state index contributed by atoms with van der Waals surface area (Å²) in [5.41, 5.74) is 6.57. The second kappa shape index (κ2) is 13.1. The molecule has 41 heavy (non-hydrogen) atoms.